The Labute approximate surface area is 91.6 Å². The molecule has 16 heavy (non-hydrogen) atoms. The molecular weight excluding hydrogens is 225 g/mol. The zero-order valence-corrected chi connectivity index (χ0v) is 9.04. The van der Waals surface area contributed by atoms with Crippen LogP contribution in [0, 0.1) is 11.3 Å². The van der Waals surface area contributed by atoms with Gasteiger partial charge in [-0.15, -0.1) is 0 Å². The lowest BCUT2D eigenvalue weighted by molar-refractivity contribution is -0.162. The highest BCUT2D eigenvalue weighted by Crippen LogP contribution is 2.15. The van der Waals surface area contributed by atoms with Crippen LogP contribution < -0.4 is 0 Å². The quantitative estimate of drug-likeness (QED) is 0.755. The molecule has 0 atom stereocenters. The number of hydrogen-bond donors (Lipinski definition) is 0. The third-order valence-corrected chi connectivity index (χ3v) is 1.68. The summed E-state index contributed by atoms with van der Waals surface area (Å²) in [7, 11) is 0. The number of nitriles is 1. The van der Waals surface area contributed by atoms with E-state index in [0.29, 0.717) is 0 Å². The minimum atomic E-state index is -4.53. The van der Waals surface area contributed by atoms with Gasteiger partial charge in [0.2, 0.25) is 0 Å². The lowest BCUT2D eigenvalue weighted by Crippen LogP contribution is -2.39. The fourth-order valence-electron chi connectivity index (χ4n) is 0.957. The normalized spacial score (nSPS) is 11.1. The Morgan fingerprint density at radius 2 is 2.06 bits per heavy atom. The molecule has 0 aromatic rings. The Bertz CT molecular complexity index is 271. The van der Waals surface area contributed by atoms with E-state index in [4.69, 9.17) is 5.26 Å². The Balaban J connectivity index is 4.24. The van der Waals surface area contributed by atoms with Crippen LogP contribution in [-0.4, -0.2) is 36.4 Å². The Morgan fingerprint density at radius 3 is 2.44 bits per heavy atom. The smallest absolute Gasteiger partial charge is 0.422 e. The molecule has 4 nitrogen and oxygen atoms in total. The van der Waals surface area contributed by atoms with Gasteiger partial charge in [-0.1, -0.05) is 0 Å². The highest BCUT2D eigenvalue weighted by atomic mass is 19.4. The number of carbonyl (C=O) groups excluding carboxylic acids is 1. The maximum absolute atomic E-state index is 11.8. The molecule has 0 radical (unpaired) electrons. The maximum Gasteiger partial charge on any atom is 0.422 e. The number of hydrogen-bond acceptors (Lipinski definition) is 3. The molecule has 0 aliphatic rings. The first-order valence-electron chi connectivity index (χ1n) is 4.65. The molecule has 0 aromatic carbocycles. The molecular formula is C9H13F3N2O2. The minimum absolute atomic E-state index is 0.0549. The maximum atomic E-state index is 11.8. The monoisotopic (exact) mass is 238 g/mol. The standard InChI is InChI=1S/C9H13F3N2O2/c1-7(2)14(5-3-4-13)8(15)16-6-9(10,11)12/h7H,3,5-6H2,1-2H3. The predicted molar refractivity (Wildman–Crippen MR) is 49.5 cm³/mol. The first-order valence-corrected chi connectivity index (χ1v) is 4.65. The van der Waals surface area contributed by atoms with Gasteiger partial charge in [-0.3, -0.25) is 0 Å². The largest absolute Gasteiger partial charge is 0.440 e. The molecule has 0 fully saturated rings. The van der Waals surface area contributed by atoms with Crippen LogP contribution in [0.15, 0.2) is 0 Å². The summed E-state index contributed by atoms with van der Waals surface area (Å²) >= 11 is 0. The van der Waals surface area contributed by atoms with E-state index in [1.807, 2.05) is 6.07 Å². The van der Waals surface area contributed by atoms with Crippen molar-refractivity contribution < 1.29 is 22.7 Å². The van der Waals surface area contributed by atoms with Gasteiger partial charge in [-0.05, 0) is 13.8 Å². The van der Waals surface area contributed by atoms with Crippen molar-refractivity contribution in [1.82, 2.24) is 4.90 Å². The summed E-state index contributed by atoms with van der Waals surface area (Å²) in [6.45, 7) is 1.71. The number of carbonyl (C=O) groups is 1. The second-order valence-corrected chi connectivity index (χ2v) is 3.37. The van der Waals surface area contributed by atoms with Gasteiger partial charge in [-0.25, -0.2) is 4.79 Å². The van der Waals surface area contributed by atoms with Crippen molar-refractivity contribution in [2.45, 2.75) is 32.5 Å². The van der Waals surface area contributed by atoms with Gasteiger partial charge in [0.05, 0.1) is 12.5 Å². The second-order valence-electron chi connectivity index (χ2n) is 3.37. The average Bonchev–Trinajstić information content (AvgIpc) is 2.13. The third-order valence-electron chi connectivity index (χ3n) is 1.68. The molecule has 7 heteroatoms. The number of halogens is 3. The molecule has 0 aliphatic carbocycles. The van der Waals surface area contributed by atoms with Crippen molar-refractivity contribution >= 4 is 6.09 Å². The molecule has 0 bridgehead atoms. The van der Waals surface area contributed by atoms with E-state index in [1.54, 1.807) is 13.8 Å². The first kappa shape index (κ1) is 14.6. The Morgan fingerprint density at radius 1 is 1.50 bits per heavy atom. The molecule has 0 unspecified atom stereocenters. The Hall–Kier alpha value is -1.45. The van der Waals surface area contributed by atoms with E-state index in [9.17, 15) is 18.0 Å². The van der Waals surface area contributed by atoms with Crippen molar-refractivity contribution in [3.63, 3.8) is 0 Å². The molecule has 0 aliphatic heterocycles. The fraction of sp³-hybridized carbons (Fsp3) is 0.778. The SMILES string of the molecule is CC(C)N(CCC#N)C(=O)OCC(F)(F)F. The van der Waals surface area contributed by atoms with Crippen LogP contribution in [-0.2, 0) is 4.74 Å². The molecule has 0 saturated heterocycles. The summed E-state index contributed by atoms with van der Waals surface area (Å²) in [5, 5.41) is 8.33. The molecule has 0 aromatic heterocycles. The van der Waals surface area contributed by atoms with Crippen LogP contribution >= 0.6 is 0 Å². The van der Waals surface area contributed by atoms with Gasteiger partial charge in [0.1, 0.15) is 0 Å². The molecule has 0 heterocycles. The van der Waals surface area contributed by atoms with Gasteiger partial charge in [-0.2, -0.15) is 18.4 Å². The van der Waals surface area contributed by atoms with E-state index in [2.05, 4.69) is 4.74 Å². The molecule has 0 rings (SSSR count). The van der Waals surface area contributed by atoms with Crippen LogP contribution in [0.4, 0.5) is 18.0 Å². The Kier molecular flexibility index (Phi) is 5.64. The predicted octanol–water partition coefficient (Wildman–Crippen LogP) is 2.31. The molecule has 92 valence electrons. The lowest BCUT2D eigenvalue weighted by atomic mass is 10.3. The van der Waals surface area contributed by atoms with E-state index in [1.165, 1.54) is 0 Å². The van der Waals surface area contributed by atoms with Crippen molar-refractivity contribution in [2.75, 3.05) is 13.2 Å². The van der Waals surface area contributed by atoms with Crippen molar-refractivity contribution in [3.05, 3.63) is 0 Å². The van der Waals surface area contributed by atoms with Gasteiger partial charge in [0.15, 0.2) is 6.61 Å². The zero-order valence-electron chi connectivity index (χ0n) is 9.04. The minimum Gasteiger partial charge on any atom is -0.440 e. The van der Waals surface area contributed by atoms with Crippen LogP contribution in [0.5, 0.6) is 0 Å². The number of amides is 1. The number of rotatable bonds is 4. The van der Waals surface area contributed by atoms with Gasteiger partial charge >= 0.3 is 12.3 Å². The molecule has 0 N–H and O–H groups in total. The van der Waals surface area contributed by atoms with Gasteiger partial charge in [0.25, 0.3) is 0 Å². The van der Waals surface area contributed by atoms with Gasteiger partial charge < -0.3 is 9.64 Å². The number of nitrogens with zero attached hydrogens (tertiary/aromatic N) is 2. The molecule has 0 spiro atoms. The van der Waals surface area contributed by atoms with Gasteiger partial charge in [0, 0.05) is 12.6 Å². The number of ether oxygens (including phenoxy) is 1. The molecule has 0 saturated carbocycles. The highest BCUT2D eigenvalue weighted by Gasteiger charge is 2.31. The highest BCUT2D eigenvalue weighted by molar-refractivity contribution is 5.68. The van der Waals surface area contributed by atoms with Crippen LogP contribution in [0.3, 0.4) is 0 Å². The average molecular weight is 238 g/mol. The number of alkyl halides is 3. The van der Waals surface area contributed by atoms with Crippen molar-refractivity contribution in [2.24, 2.45) is 0 Å². The van der Waals surface area contributed by atoms with E-state index < -0.39 is 18.9 Å². The summed E-state index contributed by atoms with van der Waals surface area (Å²) in [6.07, 6.45) is -5.53. The third kappa shape index (κ3) is 6.11. The second kappa shape index (κ2) is 6.20. The topological polar surface area (TPSA) is 53.3 Å². The summed E-state index contributed by atoms with van der Waals surface area (Å²) in [5.74, 6) is 0. The van der Waals surface area contributed by atoms with E-state index >= 15 is 0 Å². The first-order chi connectivity index (χ1) is 7.28. The van der Waals surface area contributed by atoms with Crippen LogP contribution in [0.1, 0.15) is 20.3 Å². The fourth-order valence-corrected chi connectivity index (χ4v) is 0.957. The van der Waals surface area contributed by atoms with Crippen LogP contribution in [0.25, 0.3) is 0 Å². The van der Waals surface area contributed by atoms with E-state index in [-0.39, 0.29) is 19.0 Å². The summed E-state index contributed by atoms with van der Waals surface area (Å²) < 4.78 is 39.4. The van der Waals surface area contributed by atoms with Crippen molar-refractivity contribution in [1.29, 1.82) is 5.26 Å². The summed E-state index contributed by atoms with van der Waals surface area (Å²) in [6, 6.07) is 1.50. The summed E-state index contributed by atoms with van der Waals surface area (Å²) in [4.78, 5) is 12.3. The zero-order chi connectivity index (χ0) is 12.8. The van der Waals surface area contributed by atoms with Crippen LogP contribution in [0.2, 0.25) is 0 Å². The molecule has 1 amide bonds. The van der Waals surface area contributed by atoms with Crippen molar-refractivity contribution in [3.8, 4) is 6.07 Å². The van der Waals surface area contributed by atoms with E-state index in [0.717, 1.165) is 4.90 Å². The lowest BCUT2D eigenvalue weighted by Gasteiger charge is -2.25. The summed E-state index contributed by atoms with van der Waals surface area (Å²) in [5.41, 5.74) is 0.